The van der Waals surface area contributed by atoms with Crippen molar-refractivity contribution in [3.05, 3.63) is 0 Å². The normalized spacial score (nSPS) is 18.5. The molecule has 2 fully saturated rings. The first-order valence-electron chi connectivity index (χ1n) is 29.9. The number of alkyl carbamates (subject to hydrolysis) is 1. The molecule has 11 heteroatoms. The summed E-state index contributed by atoms with van der Waals surface area (Å²) in [6.07, 6.45) is 49.6. The fourth-order valence-electron chi connectivity index (χ4n) is 11.0. The van der Waals surface area contributed by atoms with E-state index >= 15 is 0 Å². The second-order valence-corrected chi connectivity index (χ2v) is 23.4. The Balaban J connectivity index is 0.0000238. The number of hydrogen-bond donors (Lipinski definition) is 1. The van der Waals surface area contributed by atoms with Gasteiger partial charge in [0.2, 0.25) is 0 Å². The number of esters is 1. The SMILES string of the molecule is CCCCCCCCCCCCCCCC[N+](C)(C)CCOCCOC(=O)CC1CCC(CC2CCC(NC(=O)OCCOC[N+](C)(C)CCCCCCCCCCCCCCCC)CC2)CC1.[Br-].[Br-]. The number of ether oxygens (including phenoxy) is 4. The zero-order valence-corrected chi connectivity index (χ0v) is 50.3. The molecule has 9 nitrogen and oxygen atoms in total. The molecule has 0 aliphatic heterocycles. The molecule has 0 radical (unpaired) electrons. The van der Waals surface area contributed by atoms with E-state index in [-0.39, 0.29) is 52.1 Å². The number of nitrogens with zero attached hydrogens (tertiary/aromatic N) is 2. The van der Waals surface area contributed by atoms with Crippen molar-refractivity contribution in [2.45, 2.75) is 264 Å². The van der Waals surface area contributed by atoms with E-state index in [1.807, 2.05) is 0 Å². The van der Waals surface area contributed by atoms with Crippen LogP contribution in [0.1, 0.15) is 258 Å². The Morgan fingerprint density at radius 3 is 1.24 bits per heavy atom. The minimum absolute atomic E-state index is 0. The molecule has 1 N–H and O–H groups in total. The monoisotopic (exact) mass is 1120 g/mol. The van der Waals surface area contributed by atoms with Crippen LogP contribution in [0.15, 0.2) is 0 Å². The molecule has 0 aromatic carbocycles. The summed E-state index contributed by atoms with van der Waals surface area (Å²) in [5.74, 6) is 1.89. The number of likely N-dealkylation sites (N-methyl/N-ethyl adjacent to an activating group) is 1. The second kappa shape index (κ2) is 47.0. The van der Waals surface area contributed by atoms with Crippen LogP contribution >= 0.6 is 0 Å². The van der Waals surface area contributed by atoms with E-state index in [4.69, 9.17) is 18.9 Å². The average molecular weight is 1120 g/mol. The molecular formula is C59H117Br2N3O6. The zero-order chi connectivity index (χ0) is 49.2. The Labute approximate surface area is 455 Å². The molecule has 418 valence electrons. The predicted octanol–water partition coefficient (Wildman–Crippen LogP) is 9.52. The number of unbranched alkanes of at least 4 members (excludes halogenated alkanes) is 26. The van der Waals surface area contributed by atoms with Crippen LogP contribution in [0.25, 0.3) is 0 Å². The summed E-state index contributed by atoms with van der Waals surface area (Å²) in [6, 6.07) is 0.210. The van der Waals surface area contributed by atoms with Crippen molar-refractivity contribution in [3.8, 4) is 0 Å². The van der Waals surface area contributed by atoms with E-state index in [9.17, 15) is 9.59 Å². The van der Waals surface area contributed by atoms with Crippen LogP contribution < -0.4 is 39.3 Å². The van der Waals surface area contributed by atoms with E-state index in [2.05, 4.69) is 47.4 Å². The van der Waals surface area contributed by atoms with Crippen molar-refractivity contribution in [3.63, 3.8) is 0 Å². The average Bonchev–Trinajstić information content (AvgIpc) is 3.31. The number of quaternary nitrogens is 2. The molecule has 0 aromatic rings. The minimum atomic E-state index is -0.304. The summed E-state index contributed by atoms with van der Waals surface area (Å²) in [5.41, 5.74) is 0. The third-order valence-electron chi connectivity index (χ3n) is 15.7. The molecule has 0 atom stereocenters. The lowest BCUT2D eigenvalue weighted by Crippen LogP contribution is -3.00. The van der Waals surface area contributed by atoms with Crippen LogP contribution in [0.4, 0.5) is 4.79 Å². The lowest BCUT2D eigenvalue weighted by Gasteiger charge is -2.34. The van der Waals surface area contributed by atoms with E-state index in [1.165, 1.54) is 218 Å². The zero-order valence-electron chi connectivity index (χ0n) is 47.1. The van der Waals surface area contributed by atoms with Gasteiger partial charge < -0.3 is 67.2 Å². The number of nitrogens with one attached hydrogen (secondary N) is 1. The highest BCUT2D eigenvalue weighted by Gasteiger charge is 2.29. The predicted molar refractivity (Wildman–Crippen MR) is 287 cm³/mol. The maximum atomic E-state index is 12.6. The van der Waals surface area contributed by atoms with Gasteiger partial charge in [-0.05, 0) is 88.4 Å². The van der Waals surface area contributed by atoms with Gasteiger partial charge in [0, 0.05) is 12.5 Å². The molecule has 0 saturated heterocycles. The fraction of sp³-hybridized carbons (Fsp3) is 0.966. The number of rotatable bonds is 46. The summed E-state index contributed by atoms with van der Waals surface area (Å²) >= 11 is 0. The van der Waals surface area contributed by atoms with Crippen molar-refractivity contribution in [1.29, 1.82) is 0 Å². The van der Waals surface area contributed by atoms with Crippen LogP contribution in [0, 0.1) is 17.8 Å². The van der Waals surface area contributed by atoms with Crippen molar-refractivity contribution in [2.75, 3.05) is 87.6 Å². The molecule has 2 aliphatic carbocycles. The van der Waals surface area contributed by atoms with Gasteiger partial charge in [-0.15, -0.1) is 0 Å². The van der Waals surface area contributed by atoms with E-state index in [0.29, 0.717) is 52.1 Å². The molecule has 0 unspecified atom stereocenters. The number of halogens is 2. The highest BCUT2D eigenvalue weighted by molar-refractivity contribution is 5.69. The van der Waals surface area contributed by atoms with Gasteiger partial charge in [0.15, 0.2) is 6.73 Å². The second-order valence-electron chi connectivity index (χ2n) is 23.4. The number of carbonyl (C=O) groups excluding carboxylic acids is 2. The maximum Gasteiger partial charge on any atom is 0.407 e. The Kier molecular flexibility index (Phi) is 46.7. The van der Waals surface area contributed by atoms with Crippen LogP contribution in [-0.2, 0) is 23.7 Å². The van der Waals surface area contributed by atoms with Gasteiger partial charge in [-0.3, -0.25) is 4.79 Å². The topological polar surface area (TPSA) is 83.1 Å². The summed E-state index contributed by atoms with van der Waals surface area (Å²) in [6.45, 7) is 10.9. The smallest absolute Gasteiger partial charge is 0.407 e. The van der Waals surface area contributed by atoms with Crippen molar-refractivity contribution in [2.24, 2.45) is 17.8 Å². The van der Waals surface area contributed by atoms with Crippen LogP contribution in [-0.4, -0.2) is 115 Å². The first-order chi connectivity index (χ1) is 33.0. The molecule has 2 aliphatic rings. The van der Waals surface area contributed by atoms with Gasteiger partial charge in [-0.25, -0.2) is 4.79 Å². The lowest BCUT2D eigenvalue weighted by atomic mass is 9.74. The molecule has 0 spiro atoms. The molecule has 0 aromatic heterocycles. The lowest BCUT2D eigenvalue weighted by molar-refractivity contribution is -0.909. The maximum absolute atomic E-state index is 12.6. The van der Waals surface area contributed by atoms with Crippen molar-refractivity contribution >= 4 is 12.1 Å². The van der Waals surface area contributed by atoms with Gasteiger partial charge in [0.05, 0.1) is 61.1 Å². The molecule has 70 heavy (non-hydrogen) atoms. The molecular weight excluding hydrogens is 1010 g/mol. The fourth-order valence-corrected chi connectivity index (χ4v) is 11.0. The van der Waals surface area contributed by atoms with Crippen LogP contribution in [0.3, 0.4) is 0 Å². The first kappa shape index (κ1) is 69.5. The third-order valence-corrected chi connectivity index (χ3v) is 15.7. The number of carbonyl (C=O) groups is 2. The third kappa shape index (κ3) is 41.8. The van der Waals surface area contributed by atoms with E-state index in [0.717, 1.165) is 59.6 Å². The van der Waals surface area contributed by atoms with Gasteiger partial charge in [0.25, 0.3) is 0 Å². The minimum Gasteiger partial charge on any atom is -1.00 e. The van der Waals surface area contributed by atoms with Crippen LogP contribution in [0.2, 0.25) is 0 Å². The Bertz CT molecular complexity index is 1160. The Morgan fingerprint density at radius 2 is 0.786 bits per heavy atom. The largest absolute Gasteiger partial charge is 1.00 e. The van der Waals surface area contributed by atoms with Crippen LogP contribution in [0.5, 0.6) is 0 Å². The number of hydrogen-bond acceptors (Lipinski definition) is 6. The standard InChI is InChI=1S/C59H116N3O6.2BrH/c1-7-9-11-13-15-17-19-21-23-25-27-29-31-33-43-61(3,4)45-46-65-47-49-67-58(63)52-56-37-35-54(36-38-56)51-55-39-41-57(42-40-55)60-59(64)68-50-48-66-53-62(5,6)44-34-32-30-28-26-24-22-20-18-16-14-12-10-8-2;;/h54-57H,7-53H2,1-6H3;2*1H/q+1;;/p-1. The van der Waals surface area contributed by atoms with Gasteiger partial charge in [-0.1, -0.05) is 181 Å². The summed E-state index contributed by atoms with van der Waals surface area (Å²) in [5, 5.41) is 3.12. The number of amides is 1. The Morgan fingerprint density at radius 1 is 0.414 bits per heavy atom. The molecule has 1 amide bonds. The van der Waals surface area contributed by atoms with Gasteiger partial charge in [-0.2, -0.15) is 0 Å². The first-order valence-corrected chi connectivity index (χ1v) is 29.9. The van der Waals surface area contributed by atoms with Crippen molar-refractivity contribution < 1.29 is 71.5 Å². The molecule has 2 saturated carbocycles. The Hall–Kier alpha value is -0.460. The van der Waals surface area contributed by atoms with Crippen molar-refractivity contribution in [1.82, 2.24) is 5.32 Å². The highest BCUT2D eigenvalue weighted by atomic mass is 79.9. The molecule has 0 bridgehead atoms. The van der Waals surface area contributed by atoms with E-state index < -0.39 is 0 Å². The summed E-state index contributed by atoms with van der Waals surface area (Å²) < 4.78 is 24.7. The summed E-state index contributed by atoms with van der Waals surface area (Å²) in [4.78, 5) is 25.2. The molecule has 2 rings (SSSR count). The quantitative estimate of drug-likeness (QED) is 0.0283. The molecule has 0 heterocycles. The summed E-state index contributed by atoms with van der Waals surface area (Å²) in [7, 11) is 9.08. The van der Waals surface area contributed by atoms with Gasteiger partial charge >= 0.3 is 12.1 Å². The van der Waals surface area contributed by atoms with E-state index in [1.54, 1.807) is 0 Å². The van der Waals surface area contributed by atoms with Gasteiger partial charge in [0.1, 0.15) is 19.8 Å². The highest BCUT2D eigenvalue weighted by Crippen LogP contribution is 2.38.